The maximum absolute atomic E-state index is 14.7. The maximum atomic E-state index is 14.7. The summed E-state index contributed by atoms with van der Waals surface area (Å²) in [6, 6.07) is 3.33. The number of hydrogen-bond donors (Lipinski definition) is 3. The minimum absolute atomic E-state index is 0.143. The van der Waals surface area contributed by atoms with E-state index in [9.17, 15) is 22.0 Å². The lowest BCUT2D eigenvalue weighted by molar-refractivity contribution is 0.583. The Balaban J connectivity index is 1.77. The Kier molecular flexibility index (Phi) is 5.22. The molecule has 1 aromatic carbocycles. The number of aromatic amines is 1. The van der Waals surface area contributed by atoms with Crippen molar-refractivity contribution < 1.29 is 17.2 Å². The van der Waals surface area contributed by atoms with Gasteiger partial charge < -0.3 is 14.8 Å². The number of nitrogens with one attached hydrogen (secondary N) is 2. The highest BCUT2D eigenvalue weighted by atomic mass is 32.2. The second-order valence-electron chi connectivity index (χ2n) is 7.74. The summed E-state index contributed by atoms with van der Waals surface area (Å²) in [4.78, 5) is 24.0. The molecule has 0 radical (unpaired) electrons. The van der Waals surface area contributed by atoms with Gasteiger partial charge in [0, 0.05) is 43.8 Å². The second-order valence-corrected chi connectivity index (χ2v) is 8.57. The molecular weight excluding hydrogens is 452 g/mol. The van der Waals surface area contributed by atoms with Crippen molar-refractivity contribution in [3.8, 4) is 11.1 Å². The van der Waals surface area contributed by atoms with Crippen LogP contribution in [0.2, 0.25) is 0 Å². The number of allylic oxidation sites excluding steroid dienone is 1. The van der Waals surface area contributed by atoms with Crippen LogP contribution in [0, 0.1) is 11.6 Å². The van der Waals surface area contributed by atoms with Gasteiger partial charge in [0.25, 0.3) is 5.56 Å². The Bertz CT molecular complexity index is 1540. The van der Waals surface area contributed by atoms with E-state index in [4.69, 9.17) is 0 Å². The minimum atomic E-state index is -2.72. The van der Waals surface area contributed by atoms with E-state index in [2.05, 4.69) is 14.7 Å². The van der Waals surface area contributed by atoms with Crippen LogP contribution in [0.25, 0.3) is 22.8 Å². The number of nitrogens with zero attached hydrogens (tertiary/aromatic N) is 3. The Hall–Kier alpha value is -3.57. The van der Waals surface area contributed by atoms with Crippen molar-refractivity contribution >= 4 is 39.7 Å². The summed E-state index contributed by atoms with van der Waals surface area (Å²) in [6.45, 7) is 0.427. The van der Waals surface area contributed by atoms with Crippen LogP contribution in [0.5, 0.6) is 0 Å². The zero-order valence-corrected chi connectivity index (χ0v) is 18.3. The van der Waals surface area contributed by atoms with E-state index in [0.717, 1.165) is 11.6 Å². The van der Waals surface area contributed by atoms with Crippen LogP contribution >= 0.6 is 0 Å². The molecular formula is C22H19F2N5O3S. The number of benzene rings is 1. The number of H-pyrrole nitrogens is 1. The molecule has 4 aliphatic heterocycles. The summed E-state index contributed by atoms with van der Waals surface area (Å²) in [5.74, 6) is -1.05. The SMILES string of the molecule is CN1C=CC(CCN[SH](=O)=O)=c2cnc3c4c([nH]c(=O)c-4c21)=CCN3c1ccc(F)cc1F. The van der Waals surface area contributed by atoms with Crippen LogP contribution in [-0.2, 0) is 10.9 Å². The van der Waals surface area contributed by atoms with Crippen LogP contribution in [0.1, 0.15) is 6.42 Å². The summed E-state index contributed by atoms with van der Waals surface area (Å²) >= 11 is 0. The van der Waals surface area contributed by atoms with E-state index in [-0.39, 0.29) is 24.3 Å². The number of rotatable bonds is 5. The maximum Gasteiger partial charge on any atom is 0.258 e. The van der Waals surface area contributed by atoms with Gasteiger partial charge in [0.1, 0.15) is 17.5 Å². The molecule has 0 unspecified atom stereocenters. The van der Waals surface area contributed by atoms with Crippen LogP contribution in [0.15, 0.2) is 41.5 Å². The molecule has 4 aliphatic rings. The summed E-state index contributed by atoms with van der Waals surface area (Å²) in [5.41, 5.74) is 2.18. The van der Waals surface area contributed by atoms with Gasteiger partial charge in [-0.15, -0.1) is 0 Å². The molecule has 0 atom stereocenters. The van der Waals surface area contributed by atoms with Crippen LogP contribution in [0.3, 0.4) is 0 Å². The number of anilines is 3. The number of hydrogen-bond acceptors (Lipinski definition) is 6. The monoisotopic (exact) mass is 471 g/mol. The van der Waals surface area contributed by atoms with E-state index < -0.39 is 22.5 Å². The molecule has 170 valence electrons. The van der Waals surface area contributed by atoms with Gasteiger partial charge in [0.2, 0.25) is 10.9 Å². The quantitative estimate of drug-likeness (QED) is 0.474. The van der Waals surface area contributed by atoms with E-state index >= 15 is 0 Å². The van der Waals surface area contributed by atoms with Gasteiger partial charge in [0.15, 0.2) is 0 Å². The van der Waals surface area contributed by atoms with Crippen LogP contribution in [-0.4, -0.2) is 38.5 Å². The highest BCUT2D eigenvalue weighted by molar-refractivity contribution is 7.70. The van der Waals surface area contributed by atoms with E-state index in [1.807, 2.05) is 6.08 Å². The van der Waals surface area contributed by atoms with Crippen molar-refractivity contribution in [1.82, 2.24) is 14.7 Å². The molecule has 11 heteroatoms. The highest BCUT2D eigenvalue weighted by Gasteiger charge is 2.30. The summed E-state index contributed by atoms with van der Waals surface area (Å²) in [5, 5.41) is 1.26. The third-order valence-corrected chi connectivity index (χ3v) is 6.28. The predicted molar refractivity (Wildman–Crippen MR) is 122 cm³/mol. The molecule has 0 amide bonds. The molecule has 5 rings (SSSR count). The van der Waals surface area contributed by atoms with Gasteiger partial charge in [-0.1, -0.05) is 0 Å². The normalized spacial score (nSPS) is 14.7. The molecule has 0 fully saturated rings. The molecule has 2 N–H and O–H groups in total. The summed E-state index contributed by atoms with van der Waals surface area (Å²) in [6.07, 6.45) is 7.41. The van der Waals surface area contributed by atoms with Gasteiger partial charge in [0.05, 0.1) is 27.9 Å². The Morgan fingerprint density at radius 1 is 1.24 bits per heavy atom. The largest absolute Gasteiger partial charge is 0.350 e. The minimum Gasteiger partial charge on any atom is -0.350 e. The third kappa shape index (κ3) is 3.58. The van der Waals surface area contributed by atoms with Crippen molar-refractivity contribution in [2.45, 2.75) is 6.42 Å². The summed E-state index contributed by atoms with van der Waals surface area (Å²) < 4.78 is 52.3. The average Bonchev–Trinajstić information content (AvgIpc) is 2.97. The molecule has 4 heterocycles. The molecule has 33 heavy (non-hydrogen) atoms. The van der Waals surface area contributed by atoms with Gasteiger partial charge >= 0.3 is 0 Å². The Morgan fingerprint density at radius 2 is 2.06 bits per heavy atom. The molecule has 0 saturated carbocycles. The van der Waals surface area contributed by atoms with Gasteiger partial charge in [-0.2, -0.15) is 0 Å². The van der Waals surface area contributed by atoms with Crippen molar-refractivity contribution in [2.24, 2.45) is 0 Å². The summed E-state index contributed by atoms with van der Waals surface area (Å²) in [7, 11) is -0.921. The fourth-order valence-corrected chi connectivity index (χ4v) is 4.64. The smallest absolute Gasteiger partial charge is 0.258 e. The van der Waals surface area contributed by atoms with Gasteiger partial charge in [-0.25, -0.2) is 26.9 Å². The van der Waals surface area contributed by atoms with E-state index in [1.165, 1.54) is 12.1 Å². The standard InChI is InChI=1S/C22H19F2N5O3S/c1-28-8-5-12(4-7-26-33(31)32)14-11-25-21-18-16(27-22(30)19(18)20(14)28)6-9-29(21)17-3-2-13(23)10-15(17)24/h2-3,5-6,8,10-11,33H,4,7,9H2,1H3,(H,27,30)(H,26,31,32). The third-order valence-electron chi connectivity index (χ3n) is 5.79. The number of halogens is 2. The van der Waals surface area contributed by atoms with Crippen molar-refractivity contribution in [2.75, 3.05) is 29.9 Å². The lowest BCUT2D eigenvalue weighted by Crippen LogP contribution is -2.27. The zero-order chi connectivity index (χ0) is 23.3. The topological polar surface area (TPSA) is 98.4 Å². The van der Waals surface area contributed by atoms with Crippen molar-refractivity contribution in [1.29, 1.82) is 0 Å². The number of aromatic nitrogens is 2. The first-order chi connectivity index (χ1) is 15.8. The molecule has 0 saturated heterocycles. The second kappa shape index (κ2) is 8.09. The Morgan fingerprint density at radius 3 is 2.82 bits per heavy atom. The fourth-order valence-electron chi connectivity index (χ4n) is 4.35. The van der Waals surface area contributed by atoms with Crippen molar-refractivity contribution in [3.63, 3.8) is 0 Å². The average molecular weight is 471 g/mol. The van der Waals surface area contributed by atoms with Gasteiger partial charge in [-0.3, -0.25) is 4.79 Å². The first-order valence-electron chi connectivity index (χ1n) is 10.1. The van der Waals surface area contributed by atoms with E-state index in [0.29, 0.717) is 39.6 Å². The number of thiol groups is 1. The zero-order valence-electron chi connectivity index (χ0n) is 17.4. The molecule has 0 aromatic heterocycles. The fraction of sp³-hybridized carbons (Fsp3) is 0.182. The molecule has 1 aromatic rings. The molecule has 0 spiro atoms. The lowest BCUT2D eigenvalue weighted by atomic mass is 10.0. The van der Waals surface area contributed by atoms with E-state index in [1.54, 1.807) is 35.3 Å². The van der Waals surface area contributed by atoms with Crippen molar-refractivity contribution in [3.05, 3.63) is 69.2 Å². The highest BCUT2D eigenvalue weighted by Crippen LogP contribution is 2.37. The molecule has 0 aliphatic carbocycles. The molecule has 0 bridgehead atoms. The first-order valence-corrected chi connectivity index (χ1v) is 11.3. The molecule has 8 nitrogen and oxygen atoms in total. The number of fused-ring (bicyclic) bond motifs is 2. The lowest BCUT2D eigenvalue weighted by Gasteiger charge is -2.26. The predicted octanol–water partition coefficient (Wildman–Crippen LogP) is 0.705. The van der Waals surface area contributed by atoms with Crippen LogP contribution < -0.4 is 30.6 Å². The Labute approximate surface area is 188 Å². The first kappa shape index (κ1) is 21.3. The van der Waals surface area contributed by atoms with Gasteiger partial charge in [-0.05, 0) is 36.3 Å². The van der Waals surface area contributed by atoms with Crippen LogP contribution in [0.4, 0.5) is 26.0 Å².